The van der Waals surface area contributed by atoms with Crippen molar-refractivity contribution < 1.29 is 9.66 Å². The summed E-state index contributed by atoms with van der Waals surface area (Å²) in [5.41, 5.74) is 7.64. The van der Waals surface area contributed by atoms with Gasteiger partial charge in [-0.3, -0.25) is 10.1 Å². The van der Waals surface area contributed by atoms with Gasteiger partial charge in [-0.15, -0.1) is 0 Å². The lowest BCUT2D eigenvalue weighted by molar-refractivity contribution is -0.384. The topological polar surface area (TPSA) is 78.4 Å². The van der Waals surface area contributed by atoms with Crippen LogP contribution in [-0.4, -0.2) is 12.0 Å². The fraction of sp³-hybridized carbons (Fsp3) is 0.143. The normalized spacial score (nSPS) is 11.9. The third-order valence-electron chi connectivity index (χ3n) is 3.00. The molecule has 2 aromatic rings. The van der Waals surface area contributed by atoms with Crippen LogP contribution in [-0.2, 0) is 0 Å². The van der Waals surface area contributed by atoms with Gasteiger partial charge >= 0.3 is 0 Å². The number of benzene rings is 2. The molecule has 2 rings (SSSR count). The largest absolute Gasteiger partial charge is 0.496 e. The van der Waals surface area contributed by atoms with Gasteiger partial charge in [0, 0.05) is 22.2 Å². The maximum Gasteiger partial charge on any atom is 0.270 e. The van der Waals surface area contributed by atoms with E-state index in [1.165, 1.54) is 19.2 Å². The molecule has 104 valence electrons. The predicted molar refractivity (Wildman–Crippen MR) is 79.8 cm³/mol. The van der Waals surface area contributed by atoms with Crippen molar-refractivity contribution in [3.63, 3.8) is 0 Å². The second kappa shape index (κ2) is 6.02. The van der Waals surface area contributed by atoms with Crippen molar-refractivity contribution >= 4 is 21.6 Å². The smallest absolute Gasteiger partial charge is 0.270 e. The molecule has 0 spiro atoms. The van der Waals surface area contributed by atoms with Gasteiger partial charge in [-0.25, -0.2) is 0 Å². The summed E-state index contributed by atoms with van der Waals surface area (Å²) in [7, 11) is 1.51. The molecule has 0 amide bonds. The molecule has 0 fully saturated rings. The van der Waals surface area contributed by atoms with Crippen LogP contribution in [0.5, 0.6) is 5.75 Å². The van der Waals surface area contributed by atoms with Gasteiger partial charge in [0.15, 0.2) is 0 Å². The number of hydrogen-bond donors (Lipinski definition) is 1. The van der Waals surface area contributed by atoms with E-state index in [-0.39, 0.29) is 5.69 Å². The maximum atomic E-state index is 10.9. The van der Waals surface area contributed by atoms with E-state index in [0.717, 1.165) is 10.0 Å². The Bertz CT molecular complexity index is 646. The van der Waals surface area contributed by atoms with Crippen LogP contribution in [0, 0.1) is 10.1 Å². The molecular formula is C14H13BrN2O3. The fourth-order valence-electron chi connectivity index (χ4n) is 1.97. The van der Waals surface area contributed by atoms with Crippen molar-refractivity contribution in [1.82, 2.24) is 0 Å². The fourth-order valence-corrected chi connectivity index (χ4v) is 2.50. The zero-order valence-corrected chi connectivity index (χ0v) is 12.3. The number of rotatable bonds is 4. The quantitative estimate of drug-likeness (QED) is 0.685. The third kappa shape index (κ3) is 2.81. The molecule has 1 unspecified atom stereocenters. The number of nitro benzene ring substituents is 1. The number of ether oxygens (including phenoxy) is 1. The standard InChI is InChI=1S/C14H13BrN2O3/c1-20-13-7-6-9(17(18)19)8-11(13)14(16)10-4-2-3-5-12(10)15/h2-8,14H,16H2,1H3. The van der Waals surface area contributed by atoms with Crippen molar-refractivity contribution in [3.05, 3.63) is 68.2 Å². The first-order valence-corrected chi connectivity index (χ1v) is 6.66. The van der Waals surface area contributed by atoms with Crippen LogP contribution in [0.3, 0.4) is 0 Å². The molecule has 0 heterocycles. The van der Waals surface area contributed by atoms with Crippen molar-refractivity contribution in [1.29, 1.82) is 0 Å². The maximum absolute atomic E-state index is 10.9. The number of hydrogen-bond acceptors (Lipinski definition) is 4. The van der Waals surface area contributed by atoms with Crippen molar-refractivity contribution in [2.45, 2.75) is 6.04 Å². The molecule has 0 radical (unpaired) electrons. The number of non-ortho nitro benzene ring substituents is 1. The molecule has 5 nitrogen and oxygen atoms in total. The monoisotopic (exact) mass is 336 g/mol. The van der Waals surface area contributed by atoms with Gasteiger partial charge in [0.2, 0.25) is 0 Å². The Kier molecular flexibility index (Phi) is 4.36. The first kappa shape index (κ1) is 14.5. The van der Waals surface area contributed by atoms with E-state index < -0.39 is 11.0 Å². The van der Waals surface area contributed by atoms with Crippen molar-refractivity contribution in [3.8, 4) is 5.75 Å². The van der Waals surface area contributed by atoms with Crippen LogP contribution in [0.4, 0.5) is 5.69 Å². The summed E-state index contributed by atoms with van der Waals surface area (Å²) in [6.45, 7) is 0. The summed E-state index contributed by atoms with van der Waals surface area (Å²) in [6.07, 6.45) is 0. The summed E-state index contributed by atoms with van der Waals surface area (Å²) < 4.78 is 6.09. The molecule has 0 aliphatic carbocycles. The number of nitrogens with zero attached hydrogens (tertiary/aromatic N) is 1. The first-order valence-electron chi connectivity index (χ1n) is 5.87. The van der Waals surface area contributed by atoms with Gasteiger partial charge in [0.05, 0.1) is 18.1 Å². The Hall–Kier alpha value is -1.92. The Morgan fingerprint density at radius 1 is 1.25 bits per heavy atom. The molecule has 1 atom stereocenters. The molecule has 0 bridgehead atoms. The van der Waals surface area contributed by atoms with Gasteiger partial charge in [0.25, 0.3) is 5.69 Å². The highest BCUT2D eigenvalue weighted by atomic mass is 79.9. The minimum atomic E-state index is -0.513. The molecule has 6 heteroatoms. The molecule has 0 aliphatic rings. The van der Waals surface area contributed by atoms with Gasteiger partial charge in [-0.05, 0) is 17.7 Å². The van der Waals surface area contributed by atoms with Crippen LogP contribution in [0.2, 0.25) is 0 Å². The molecule has 2 N–H and O–H groups in total. The van der Waals surface area contributed by atoms with Crippen LogP contribution < -0.4 is 10.5 Å². The Balaban J connectivity index is 2.52. The molecule has 20 heavy (non-hydrogen) atoms. The van der Waals surface area contributed by atoms with Gasteiger partial charge in [-0.1, -0.05) is 34.1 Å². The van der Waals surface area contributed by atoms with E-state index in [4.69, 9.17) is 10.5 Å². The highest BCUT2D eigenvalue weighted by molar-refractivity contribution is 9.10. The zero-order chi connectivity index (χ0) is 14.7. The zero-order valence-electron chi connectivity index (χ0n) is 10.7. The van der Waals surface area contributed by atoms with Crippen LogP contribution >= 0.6 is 15.9 Å². The van der Waals surface area contributed by atoms with Crippen molar-refractivity contribution in [2.24, 2.45) is 5.73 Å². The predicted octanol–water partition coefficient (Wildman–Crippen LogP) is 3.41. The molecule has 0 saturated carbocycles. The van der Waals surface area contributed by atoms with E-state index in [0.29, 0.717) is 11.3 Å². The minimum Gasteiger partial charge on any atom is -0.496 e. The number of nitro groups is 1. The molecule has 0 saturated heterocycles. The van der Waals surface area contributed by atoms with Gasteiger partial charge < -0.3 is 10.5 Å². The third-order valence-corrected chi connectivity index (χ3v) is 3.72. The molecule has 0 aliphatic heterocycles. The van der Waals surface area contributed by atoms with Crippen molar-refractivity contribution in [2.75, 3.05) is 7.11 Å². The SMILES string of the molecule is COc1ccc([N+](=O)[O-])cc1C(N)c1ccccc1Br. The molecule has 2 aromatic carbocycles. The van der Waals surface area contributed by atoms with Gasteiger partial charge in [0.1, 0.15) is 5.75 Å². The lowest BCUT2D eigenvalue weighted by Gasteiger charge is -2.17. The van der Waals surface area contributed by atoms with Gasteiger partial charge in [-0.2, -0.15) is 0 Å². The highest BCUT2D eigenvalue weighted by Gasteiger charge is 2.19. The summed E-state index contributed by atoms with van der Waals surface area (Å²) in [6, 6.07) is 11.4. The van der Waals surface area contributed by atoms with E-state index in [9.17, 15) is 10.1 Å². The lowest BCUT2D eigenvalue weighted by Crippen LogP contribution is -2.14. The van der Waals surface area contributed by atoms with E-state index >= 15 is 0 Å². The highest BCUT2D eigenvalue weighted by Crippen LogP contribution is 2.34. The summed E-state index contributed by atoms with van der Waals surface area (Å²) in [5.74, 6) is 0.527. The van der Waals surface area contributed by atoms with E-state index in [1.54, 1.807) is 6.07 Å². The average molecular weight is 337 g/mol. The van der Waals surface area contributed by atoms with E-state index in [1.807, 2.05) is 24.3 Å². The lowest BCUT2D eigenvalue weighted by atomic mass is 9.98. The van der Waals surface area contributed by atoms with Crippen LogP contribution in [0.25, 0.3) is 0 Å². The molecular weight excluding hydrogens is 324 g/mol. The molecule has 0 aromatic heterocycles. The number of nitrogens with two attached hydrogens (primary N) is 1. The summed E-state index contributed by atoms with van der Waals surface area (Å²) >= 11 is 3.43. The second-order valence-electron chi connectivity index (χ2n) is 4.18. The van der Waals surface area contributed by atoms with E-state index in [2.05, 4.69) is 15.9 Å². The number of methoxy groups -OCH3 is 1. The van der Waals surface area contributed by atoms with Crippen LogP contribution in [0.15, 0.2) is 46.9 Å². The number of halogens is 1. The Morgan fingerprint density at radius 3 is 2.55 bits per heavy atom. The minimum absolute atomic E-state index is 0.0108. The first-order chi connectivity index (χ1) is 9.54. The van der Waals surface area contributed by atoms with Crippen LogP contribution in [0.1, 0.15) is 17.2 Å². The summed E-state index contributed by atoms with van der Waals surface area (Å²) in [5, 5.41) is 10.9. The summed E-state index contributed by atoms with van der Waals surface area (Å²) in [4.78, 5) is 10.4. The average Bonchev–Trinajstić information content (AvgIpc) is 2.46. The Morgan fingerprint density at radius 2 is 1.95 bits per heavy atom. The Labute approximate surface area is 124 Å². The second-order valence-corrected chi connectivity index (χ2v) is 5.04.